The first-order chi connectivity index (χ1) is 14.8. The number of carboxylic acids is 1. The van der Waals surface area contributed by atoms with E-state index in [-0.39, 0.29) is 5.82 Å². The number of fused-ring (bicyclic) bond motifs is 2. The highest BCUT2D eigenvalue weighted by atomic mass is 19.1. The number of rotatable bonds is 4. The van der Waals surface area contributed by atoms with Crippen molar-refractivity contribution < 1.29 is 23.8 Å². The number of carboxylic acid groups (broad SMARTS) is 1. The minimum Gasteiger partial charge on any atom is -0.497 e. The highest BCUT2D eigenvalue weighted by molar-refractivity contribution is 6.03. The Morgan fingerprint density at radius 2 is 1.90 bits per heavy atom. The summed E-state index contributed by atoms with van der Waals surface area (Å²) in [6, 6.07) is 9.82. The summed E-state index contributed by atoms with van der Waals surface area (Å²) in [4.78, 5) is 20.5. The first-order valence-corrected chi connectivity index (χ1v) is 10.2. The van der Waals surface area contributed by atoms with Crippen LogP contribution >= 0.6 is 0 Å². The van der Waals surface area contributed by atoms with Crippen LogP contribution in [0.4, 0.5) is 10.1 Å². The van der Waals surface area contributed by atoms with Gasteiger partial charge in [0, 0.05) is 38.8 Å². The Labute approximate surface area is 180 Å². The zero-order chi connectivity index (χ0) is 22.2. The maximum Gasteiger partial charge on any atom is 0.310 e. The molecule has 2 aromatic rings. The van der Waals surface area contributed by atoms with Crippen LogP contribution in [0.15, 0.2) is 41.4 Å². The average Bonchev–Trinajstić information content (AvgIpc) is 2.90. The molecule has 0 bridgehead atoms. The van der Waals surface area contributed by atoms with Gasteiger partial charge in [-0.2, -0.15) is 0 Å². The Kier molecular flexibility index (Phi) is 5.58. The van der Waals surface area contributed by atoms with Crippen LogP contribution < -0.4 is 9.47 Å². The molecule has 1 saturated heterocycles. The van der Waals surface area contributed by atoms with E-state index in [0.29, 0.717) is 67.1 Å². The van der Waals surface area contributed by atoms with Gasteiger partial charge < -0.3 is 19.5 Å². The quantitative estimate of drug-likeness (QED) is 0.801. The van der Waals surface area contributed by atoms with Gasteiger partial charge in [0.05, 0.1) is 18.1 Å². The smallest absolute Gasteiger partial charge is 0.310 e. The first kappa shape index (κ1) is 21.1. The van der Waals surface area contributed by atoms with Gasteiger partial charge in [-0.3, -0.25) is 9.69 Å². The number of methoxy groups -OCH3 is 1. The highest BCUT2D eigenvalue weighted by Crippen LogP contribution is 2.40. The molecule has 0 amide bonds. The van der Waals surface area contributed by atoms with Gasteiger partial charge in [-0.15, -0.1) is 0 Å². The molecule has 0 aliphatic carbocycles. The Balaban J connectivity index is 1.63. The standard InChI is InChI=1S/C23H26FN3O4/c1-23(2,22(28)29)14-26-8-10-27(11-9-26)21-17-12-15(24)4-7-19(17)31-20-13-16(30-3)5-6-18(20)25-21/h4-7,12-13H,8-11,14H2,1-3H3,(H,28,29). The molecule has 164 valence electrons. The van der Waals surface area contributed by atoms with Gasteiger partial charge in [-0.05, 0) is 44.2 Å². The number of nitrogens with zero attached hydrogens (tertiary/aromatic N) is 3. The lowest BCUT2D eigenvalue weighted by Crippen LogP contribution is -2.52. The summed E-state index contributed by atoms with van der Waals surface area (Å²) < 4.78 is 25.5. The van der Waals surface area contributed by atoms with Crippen LogP contribution in [0.5, 0.6) is 17.2 Å². The number of halogens is 1. The fourth-order valence-corrected chi connectivity index (χ4v) is 3.84. The molecule has 8 heteroatoms. The van der Waals surface area contributed by atoms with Gasteiger partial charge in [0.25, 0.3) is 0 Å². The summed E-state index contributed by atoms with van der Waals surface area (Å²) >= 11 is 0. The molecule has 7 nitrogen and oxygen atoms in total. The monoisotopic (exact) mass is 427 g/mol. The SMILES string of the molecule is COc1ccc2c(c1)Oc1ccc(F)cc1C(N1CCN(CC(C)(C)C(=O)O)CC1)=N2. The van der Waals surface area contributed by atoms with Crippen LogP contribution in [0.3, 0.4) is 0 Å². The predicted octanol–water partition coefficient (Wildman–Crippen LogP) is 3.75. The molecule has 0 saturated carbocycles. The number of carbonyl (C=O) groups is 1. The van der Waals surface area contributed by atoms with Crippen LogP contribution in [-0.4, -0.2) is 66.5 Å². The van der Waals surface area contributed by atoms with Crippen molar-refractivity contribution in [2.45, 2.75) is 13.8 Å². The third-order valence-corrected chi connectivity index (χ3v) is 5.67. The Morgan fingerprint density at radius 1 is 1.16 bits per heavy atom. The average molecular weight is 427 g/mol. The van der Waals surface area contributed by atoms with Crippen molar-refractivity contribution in [1.29, 1.82) is 0 Å². The van der Waals surface area contributed by atoms with Crippen molar-refractivity contribution in [3.8, 4) is 17.2 Å². The van der Waals surface area contributed by atoms with E-state index >= 15 is 0 Å². The van der Waals surface area contributed by atoms with Crippen LogP contribution in [0.25, 0.3) is 0 Å². The van der Waals surface area contributed by atoms with Gasteiger partial charge in [-0.1, -0.05) is 0 Å². The third kappa shape index (κ3) is 4.34. The van der Waals surface area contributed by atoms with Crippen molar-refractivity contribution in [3.63, 3.8) is 0 Å². The van der Waals surface area contributed by atoms with Crippen molar-refractivity contribution in [3.05, 3.63) is 47.8 Å². The Hall–Kier alpha value is -3.13. The lowest BCUT2D eigenvalue weighted by Gasteiger charge is -2.38. The second kappa shape index (κ2) is 8.19. The number of piperazine rings is 1. The number of hydrogen-bond acceptors (Lipinski definition) is 6. The van der Waals surface area contributed by atoms with Crippen molar-refractivity contribution in [2.24, 2.45) is 10.4 Å². The predicted molar refractivity (Wildman–Crippen MR) is 115 cm³/mol. The minimum absolute atomic E-state index is 0.361. The molecule has 1 fully saturated rings. The molecule has 0 atom stereocenters. The van der Waals surface area contributed by atoms with Crippen LogP contribution in [-0.2, 0) is 4.79 Å². The first-order valence-electron chi connectivity index (χ1n) is 10.2. The summed E-state index contributed by atoms with van der Waals surface area (Å²) in [6.07, 6.45) is 0. The molecule has 0 spiro atoms. The summed E-state index contributed by atoms with van der Waals surface area (Å²) in [6.45, 7) is 6.62. The molecule has 0 radical (unpaired) electrons. The van der Waals surface area contributed by atoms with Gasteiger partial charge in [0.15, 0.2) is 5.75 Å². The number of benzene rings is 2. The number of amidine groups is 1. The zero-order valence-corrected chi connectivity index (χ0v) is 17.9. The van der Waals surface area contributed by atoms with Gasteiger partial charge in [0.2, 0.25) is 0 Å². The van der Waals surface area contributed by atoms with Gasteiger partial charge >= 0.3 is 5.97 Å². The van der Waals surface area contributed by atoms with Crippen LogP contribution in [0, 0.1) is 11.2 Å². The number of ether oxygens (including phenoxy) is 2. The number of hydrogen-bond donors (Lipinski definition) is 1. The second-order valence-corrected chi connectivity index (χ2v) is 8.46. The molecule has 0 unspecified atom stereocenters. The molecule has 2 aromatic carbocycles. The van der Waals surface area contributed by atoms with E-state index < -0.39 is 11.4 Å². The second-order valence-electron chi connectivity index (χ2n) is 8.46. The van der Waals surface area contributed by atoms with Crippen LogP contribution in [0.2, 0.25) is 0 Å². The summed E-state index contributed by atoms with van der Waals surface area (Å²) in [7, 11) is 1.58. The molecule has 2 aliphatic heterocycles. The normalized spacial score (nSPS) is 16.5. The molecule has 2 heterocycles. The lowest BCUT2D eigenvalue weighted by molar-refractivity contribution is -0.148. The highest BCUT2D eigenvalue weighted by Gasteiger charge is 2.32. The van der Waals surface area contributed by atoms with E-state index in [4.69, 9.17) is 14.5 Å². The molecular weight excluding hydrogens is 401 g/mol. The van der Waals surface area contributed by atoms with Crippen molar-refractivity contribution in [2.75, 3.05) is 39.8 Å². The van der Waals surface area contributed by atoms with E-state index in [1.807, 2.05) is 12.1 Å². The molecule has 1 N–H and O–H groups in total. The summed E-state index contributed by atoms with van der Waals surface area (Å²) in [5, 5.41) is 9.41. The fourth-order valence-electron chi connectivity index (χ4n) is 3.84. The molecule has 31 heavy (non-hydrogen) atoms. The number of aliphatic carboxylic acids is 1. The van der Waals surface area contributed by atoms with E-state index in [1.165, 1.54) is 12.1 Å². The summed E-state index contributed by atoms with van der Waals surface area (Å²) in [5.41, 5.74) is 0.417. The summed E-state index contributed by atoms with van der Waals surface area (Å²) in [5.74, 6) is 1.20. The maximum atomic E-state index is 14.1. The van der Waals surface area contributed by atoms with E-state index in [0.717, 1.165) is 0 Å². The molecule has 0 aromatic heterocycles. The van der Waals surface area contributed by atoms with Gasteiger partial charge in [0.1, 0.15) is 28.8 Å². The molecule has 2 aliphatic rings. The van der Waals surface area contributed by atoms with Gasteiger partial charge in [-0.25, -0.2) is 9.38 Å². The fraction of sp³-hybridized carbons (Fsp3) is 0.391. The minimum atomic E-state index is -0.816. The van der Waals surface area contributed by atoms with E-state index in [2.05, 4.69) is 9.80 Å². The van der Waals surface area contributed by atoms with E-state index in [9.17, 15) is 14.3 Å². The largest absolute Gasteiger partial charge is 0.497 e. The van der Waals surface area contributed by atoms with Crippen molar-refractivity contribution in [1.82, 2.24) is 9.80 Å². The third-order valence-electron chi connectivity index (χ3n) is 5.67. The Bertz CT molecular complexity index is 1030. The van der Waals surface area contributed by atoms with Crippen LogP contribution in [0.1, 0.15) is 19.4 Å². The molecule has 4 rings (SSSR count). The Morgan fingerprint density at radius 3 is 2.58 bits per heavy atom. The zero-order valence-electron chi connectivity index (χ0n) is 17.9. The van der Waals surface area contributed by atoms with E-state index in [1.54, 1.807) is 33.1 Å². The number of aliphatic imine (C=N–C) groups is 1. The topological polar surface area (TPSA) is 74.6 Å². The maximum absolute atomic E-state index is 14.1. The van der Waals surface area contributed by atoms with Crippen molar-refractivity contribution >= 4 is 17.5 Å². The lowest BCUT2D eigenvalue weighted by atomic mass is 9.93. The molecular formula is C23H26FN3O4.